The van der Waals surface area contributed by atoms with Crippen LogP contribution >= 0.6 is 0 Å². The van der Waals surface area contributed by atoms with Crippen LogP contribution in [0.25, 0.3) is 11.7 Å². The Morgan fingerprint density at radius 2 is 2.04 bits per heavy atom. The average molecular weight is 340 g/mol. The number of amides is 1. The highest BCUT2D eigenvalue weighted by molar-refractivity contribution is 5.78. The molecule has 0 radical (unpaired) electrons. The number of benzene rings is 1. The third-order valence-electron chi connectivity index (χ3n) is 3.72. The predicted octanol–water partition coefficient (Wildman–Crippen LogP) is 2.61. The quantitative estimate of drug-likeness (QED) is 0.687. The van der Waals surface area contributed by atoms with Gasteiger partial charge in [-0.2, -0.15) is 4.98 Å². The fraction of sp³-hybridized carbons (Fsp3) is 0.278. The summed E-state index contributed by atoms with van der Waals surface area (Å²) in [5.41, 5.74) is 2.26. The first-order valence-electron chi connectivity index (χ1n) is 8.05. The van der Waals surface area contributed by atoms with Gasteiger partial charge in [-0.15, -0.1) is 0 Å². The second-order valence-corrected chi connectivity index (χ2v) is 5.80. The first-order chi connectivity index (χ1) is 12.1. The lowest BCUT2D eigenvalue weighted by Gasteiger charge is -2.14. The lowest BCUT2D eigenvalue weighted by molar-refractivity contribution is -0.120. The van der Waals surface area contributed by atoms with Gasteiger partial charge in [-0.05, 0) is 31.5 Å². The molecule has 7 nitrogen and oxygen atoms in total. The Balaban J connectivity index is 1.44. The van der Waals surface area contributed by atoms with Crippen molar-refractivity contribution in [3.05, 3.63) is 59.6 Å². The van der Waals surface area contributed by atoms with E-state index in [0.29, 0.717) is 24.0 Å². The summed E-state index contributed by atoms with van der Waals surface area (Å²) in [4.78, 5) is 16.2. The van der Waals surface area contributed by atoms with Gasteiger partial charge in [-0.1, -0.05) is 35.0 Å². The van der Waals surface area contributed by atoms with E-state index < -0.39 is 0 Å². The largest absolute Gasteiger partial charge is 0.459 e. The van der Waals surface area contributed by atoms with E-state index in [0.717, 1.165) is 5.56 Å². The van der Waals surface area contributed by atoms with Crippen molar-refractivity contribution in [2.24, 2.45) is 0 Å². The number of carbonyl (C=O) groups excluding carboxylic acids is 1. The van der Waals surface area contributed by atoms with E-state index in [1.807, 2.05) is 38.1 Å². The van der Waals surface area contributed by atoms with Crippen LogP contribution in [-0.4, -0.2) is 22.6 Å². The third kappa shape index (κ3) is 4.54. The molecule has 130 valence electrons. The molecular weight excluding hydrogens is 320 g/mol. The summed E-state index contributed by atoms with van der Waals surface area (Å²) >= 11 is 0. The van der Waals surface area contributed by atoms with Crippen LogP contribution in [0.3, 0.4) is 0 Å². The third-order valence-corrected chi connectivity index (χ3v) is 3.72. The zero-order valence-electron chi connectivity index (χ0n) is 14.2. The minimum Gasteiger partial charge on any atom is -0.459 e. The fourth-order valence-electron chi connectivity index (χ4n) is 2.34. The van der Waals surface area contributed by atoms with Crippen LogP contribution in [0.15, 0.2) is 51.6 Å². The minimum absolute atomic E-state index is 0.0503. The van der Waals surface area contributed by atoms with Crippen LogP contribution in [0, 0.1) is 6.92 Å². The first-order valence-corrected chi connectivity index (χ1v) is 8.05. The Morgan fingerprint density at radius 3 is 2.76 bits per heavy atom. The van der Waals surface area contributed by atoms with Crippen LogP contribution in [-0.2, 0) is 11.3 Å². The van der Waals surface area contributed by atoms with E-state index in [2.05, 4.69) is 20.8 Å². The Morgan fingerprint density at radius 1 is 1.24 bits per heavy atom. The number of rotatable bonds is 7. The molecular formula is C18H20N4O3. The molecule has 0 spiro atoms. The number of nitrogens with one attached hydrogen (secondary N) is 2. The monoisotopic (exact) mass is 340 g/mol. The van der Waals surface area contributed by atoms with Gasteiger partial charge in [0.1, 0.15) is 0 Å². The van der Waals surface area contributed by atoms with Gasteiger partial charge in [0, 0.05) is 0 Å². The van der Waals surface area contributed by atoms with Crippen LogP contribution in [0.2, 0.25) is 0 Å². The maximum absolute atomic E-state index is 12.0. The molecule has 25 heavy (non-hydrogen) atoms. The number of furan rings is 1. The smallest absolute Gasteiger partial charge is 0.293 e. The summed E-state index contributed by atoms with van der Waals surface area (Å²) in [5, 5.41) is 9.79. The molecule has 3 rings (SSSR count). The number of nitrogens with zero attached hydrogens (tertiary/aromatic N) is 2. The standard InChI is InChI=1S/C18H20N4O3/c1-12-5-7-14(8-6-12)13(2)20-17(23)11-19-10-16-21-18(25-22-16)15-4-3-9-24-15/h3-9,13,19H,10-11H2,1-2H3,(H,20,23)/t13-/m1/s1. The molecule has 0 saturated carbocycles. The highest BCUT2D eigenvalue weighted by Gasteiger charge is 2.12. The van der Waals surface area contributed by atoms with E-state index in [9.17, 15) is 4.79 Å². The summed E-state index contributed by atoms with van der Waals surface area (Å²) in [6.07, 6.45) is 1.54. The molecule has 0 aliphatic heterocycles. The Kier molecular flexibility index (Phi) is 5.25. The lowest BCUT2D eigenvalue weighted by Crippen LogP contribution is -2.35. The molecule has 0 saturated heterocycles. The predicted molar refractivity (Wildman–Crippen MR) is 91.4 cm³/mol. The highest BCUT2D eigenvalue weighted by Crippen LogP contribution is 2.16. The van der Waals surface area contributed by atoms with E-state index in [1.165, 1.54) is 11.8 Å². The van der Waals surface area contributed by atoms with Crippen LogP contribution in [0.1, 0.15) is 29.9 Å². The van der Waals surface area contributed by atoms with Gasteiger partial charge in [-0.3, -0.25) is 4.79 Å². The van der Waals surface area contributed by atoms with Crippen molar-refractivity contribution in [2.75, 3.05) is 6.54 Å². The molecule has 2 heterocycles. The molecule has 2 aromatic heterocycles. The van der Waals surface area contributed by atoms with Crippen molar-refractivity contribution in [3.8, 4) is 11.7 Å². The molecule has 0 aliphatic carbocycles. The number of carbonyl (C=O) groups is 1. The second kappa shape index (κ2) is 7.76. The molecule has 1 atom stereocenters. The van der Waals surface area contributed by atoms with E-state index >= 15 is 0 Å². The Bertz CT molecular complexity index is 809. The number of aromatic nitrogens is 2. The summed E-state index contributed by atoms with van der Waals surface area (Å²) in [7, 11) is 0. The topological polar surface area (TPSA) is 93.2 Å². The van der Waals surface area contributed by atoms with Crippen molar-refractivity contribution < 1.29 is 13.7 Å². The van der Waals surface area contributed by atoms with Crippen LogP contribution < -0.4 is 10.6 Å². The van der Waals surface area contributed by atoms with Gasteiger partial charge in [0.2, 0.25) is 5.91 Å². The fourth-order valence-corrected chi connectivity index (χ4v) is 2.34. The van der Waals surface area contributed by atoms with Gasteiger partial charge in [-0.25, -0.2) is 0 Å². The van der Waals surface area contributed by atoms with Crippen molar-refractivity contribution >= 4 is 5.91 Å². The van der Waals surface area contributed by atoms with Gasteiger partial charge in [0.05, 0.1) is 25.4 Å². The molecule has 2 N–H and O–H groups in total. The summed E-state index contributed by atoms with van der Waals surface area (Å²) in [6, 6.07) is 11.5. The normalized spacial score (nSPS) is 12.1. The summed E-state index contributed by atoms with van der Waals surface area (Å²) < 4.78 is 10.3. The lowest BCUT2D eigenvalue weighted by atomic mass is 10.1. The maximum Gasteiger partial charge on any atom is 0.293 e. The van der Waals surface area contributed by atoms with E-state index in [4.69, 9.17) is 8.94 Å². The highest BCUT2D eigenvalue weighted by atomic mass is 16.5. The Labute approximate surface area is 145 Å². The first kappa shape index (κ1) is 16.9. The molecule has 0 aliphatic rings. The molecule has 1 amide bonds. The van der Waals surface area contributed by atoms with Crippen molar-refractivity contribution in [2.45, 2.75) is 26.4 Å². The van der Waals surface area contributed by atoms with Crippen LogP contribution in [0.4, 0.5) is 0 Å². The second-order valence-electron chi connectivity index (χ2n) is 5.80. The number of hydrogen-bond donors (Lipinski definition) is 2. The molecule has 0 bridgehead atoms. The molecule has 0 fully saturated rings. The van der Waals surface area contributed by atoms with Gasteiger partial charge < -0.3 is 19.6 Å². The zero-order valence-corrected chi connectivity index (χ0v) is 14.2. The number of hydrogen-bond acceptors (Lipinski definition) is 6. The SMILES string of the molecule is Cc1ccc([C@@H](C)NC(=O)CNCc2noc(-c3ccco3)n2)cc1. The Hall–Kier alpha value is -2.93. The number of aryl methyl sites for hydroxylation is 1. The van der Waals surface area contributed by atoms with Crippen molar-refractivity contribution in [1.82, 2.24) is 20.8 Å². The van der Waals surface area contributed by atoms with Crippen molar-refractivity contribution in [1.29, 1.82) is 0 Å². The van der Waals surface area contributed by atoms with Crippen molar-refractivity contribution in [3.63, 3.8) is 0 Å². The van der Waals surface area contributed by atoms with Gasteiger partial charge in [0.15, 0.2) is 11.6 Å². The maximum atomic E-state index is 12.0. The van der Waals surface area contributed by atoms with Gasteiger partial charge in [0.25, 0.3) is 5.89 Å². The summed E-state index contributed by atoms with van der Waals surface area (Å²) in [5.74, 6) is 1.20. The molecule has 3 aromatic rings. The minimum atomic E-state index is -0.0946. The van der Waals surface area contributed by atoms with Crippen LogP contribution in [0.5, 0.6) is 0 Å². The zero-order chi connectivity index (χ0) is 17.6. The molecule has 1 aromatic carbocycles. The van der Waals surface area contributed by atoms with E-state index in [1.54, 1.807) is 12.1 Å². The molecule has 0 unspecified atom stereocenters. The van der Waals surface area contributed by atoms with E-state index in [-0.39, 0.29) is 18.5 Å². The van der Waals surface area contributed by atoms with Gasteiger partial charge >= 0.3 is 0 Å². The molecule has 7 heteroatoms. The summed E-state index contributed by atoms with van der Waals surface area (Å²) in [6.45, 7) is 4.49. The average Bonchev–Trinajstić information content (AvgIpc) is 3.26.